The third-order valence-electron chi connectivity index (χ3n) is 5.44. The molecule has 176 valence electrons. The second kappa shape index (κ2) is 8.80. The molecule has 0 saturated heterocycles. The normalized spacial score (nSPS) is 11.5. The summed E-state index contributed by atoms with van der Waals surface area (Å²) in [6.07, 6.45) is 1.35. The van der Waals surface area contributed by atoms with Crippen LogP contribution in [0.25, 0.3) is 33.5 Å². The molecule has 2 aromatic heterocycles. The summed E-state index contributed by atoms with van der Waals surface area (Å²) in [5.74, 6) is -0.604. The van der Waals surface area contributed by atoms with Crippen molar-refractivity contribution in [3.63, 3.8) is 0 Å². The molecule has 0 unspecified atom stereocenters. The lowest BCUT2D eigenvalue weighted by molar-refractivity contribution is 0.414. The van der Waals surface area contributed by atoms with Crippen LogP contribution in [-0.2, 0) is 10.0 Å². The standard InChI is InChI=1S/C25H18F2N4O3S/c1-34-18-7-9-19(10-8-18)35(32,33)31-22-11-4-16(12-21(22)27)24-20-13-23(30-25(20)29-14-28-24)15-2-5-17(26)6-3-15/h2-14,31H,1H3,(H,28,29,30). The molecule has 0 aliphatic rings. The van der Waals surface area contributed by atoms with Crippen LogP contribution in [-0.4, -0.2) is 30.5 Å². The Morgan fingerprint density at radius 3 is 2.29 bits per heavy atom. The van der Waals surface area contributed by atoms with E-state index in [9.17, 15) is 17.2 Å². The molecule has 2 heterocycles. The summed E-state index contributed by atoms with van der Waals surface area (Å²) in [6, 6.07) is 17.7. The number of hydrogen-bond donors (Lipinski definition) is 2. The highest BCUT2D eigenvalue weighted by Gasteiger charge is 2.18. The first-order valence-electron chi connectivity index (χ1n) is 10.4. The number of hydrogen-bond acceptors (Lipinski definition) is 5. The van der Waals surface area contributed by atoms with Crippen molar-refractivity contribution in [1.29, 1.82) is 0 Å². The van der Waals surface area contributed by atoms with Crippen molar-refractivity contribution in [3.05, 3.63) is 90.8 Å². The van der Waals surface area contributed by atoms with E-state index < -0.39 is 15.8 Å². The number of fused-ring (bicyclic) bond motifs is 1. The van der Waals surface area contributed by atoms with Gasteiger partial charge in [0.05, 0.1) is 23.4 Å². The topological polar surface area (TPSA) is 97.0 Å². The maximum absolute atomic E-state index is 15.0. The van der Waals surface area contributed by atoms with Crippen LogP contribution in [0.2, 0.25) is 0 Å². The van der Waals surface area contributed by atoms with E-state index in [-0.39, 0.29) is 16.4 Å². The molecule has 0 atom stereocenters. The van der Waals surface area contributed by atoms with E-state index in [4.69, 9.17) is 4.74 Å². The minimum atomic E-state index is -4.01. The first-order valence-corrected chi connectivity index (χ1v) is 11.9. The SMILES string of the molecule is COc1ccc(S(=O)(=O)Nc2ccc(-c3ncnc4[nH]c(-c5ccc(F)cc5)cc34)cc2F)cc1. The summed E-state index contributed by atoms with van der Waals surface area (Å²) >= 11 is 0. The van der Waals surface area contributed by atoms with E-state index in [2.05, 4.69) is 19.7 Å². The number of methoxy groups -OCH3 is 1. The minimum absolute atomic E-state index is 0.0278. The number of aromatic nitrogens is 3. The smallest absolute Gasteiger partial charge is 0.261 e. The monoisotopic (exact) mass is 492 g/mol. The van der Waals surface area contributed by atoms with Gasteiger partial charge in [-0.05, 0) is 72.3 Å². The van der Waals surface area contributed by atoms with Crippen molar-refractivity contribution in [3.8, 4) is 28.3 Å². The number of nitrogens with one attached hydrogen (secondary N) is 2. The van der Waals surface area contributed by atoms with Gasteiger partial charge in [0, 0.05) is 16.6 Å². The molecule has 0 aliphatic carbocycles. The average Bonchev–Trinajstić information content (AvgIpc) is 3.30. The van der Waals surface area contributed by atoms with Crippen LogP contribution in [0.3, 0.4) is 0 Å². The van der Waals surface area contributed by atoms with Gasteiger partial charge in [0.1, 0.15) is 29.4 Å². The van der Waals surface area contributed by atoms with Crippen LogP contribution in [0.15, 0.2) is 84.0 Å². The second-order valence-electron chi connectivity index (χ2n) is 7.65. The second-order valence-corrected chi connectivity index (χ2v) is 9.33. The summed E-state index contributed by atoms with van der Waals surface area (Å²) in [4.78, 5) is 11.7. The molecule has 0 radical (unpaired) electrons. The van der Waals surface area contributed by atoms with Crippen molar-refractivity contribution in [2.75, 3.05) is 11.8 Å². The third-order valence-corrected chi connectivity index (χ3v) is 6.82. The quantitative estimate of drug-likeness (QED) is 0.332. The van der Waals surface area contributed by atoms with Crippen molar-refractivity contribution in [1.82, 2.24) is 15.0 Å². The predicted octanol–water partition coefficient (Wildman–Crippen LogP) is 5.38. The van der Waals surface area contributed by atoms with Gasteiger partial charge < -0.3 is 9.72 Å². The molecule has 0 bridgehead atoms. The maximum atomic E-state index is 15.0. The Bertz CT molecular complexity index is 1630. The molecular weight excluding hydrogens is 474 g/mol. The van der Waals surface area contributed by atoms with Gasteiger partial charge in [-0.1, -0.05) is 6.07 Å². The number of benzene rings is 3. The largest absolute Gasteiger partial charge is 0.497 e. The van der Waals surface area contributed by atoms with E-state index in [0.29, 0.717) is 33.7 Å². The van der Waals surface area contributed by atoms with Gasteiger partial charge in [0.2, 0.25) is 0 Å². The first-order chi connectivity index (χ1) is 16.8. The van der Waals surface area contributed by atoms with E-state index in [1.807, 2.05) is 0 Å². The number of ether oxygens (including phenoxy) is 1. The Morgan fingerprint density at radius 1 is 0.886 bits per heavy atom. The molecule has 5 aromatic rings. The Morgan fingerprint density at radius 2 is 1.60 bits per heavy atom. The van der Waals surface area contributed by atoms with Crippen LogP contribution < -0.4 is 9.46 Å². The highest BCUT2D eigenvalue weighted by molar-refractivity contribution is 7.92. The molecule has 7 nitrogen and oxygen atoms in total. The van der Waals surface area contributed by atoms with Gasteiger partial charge >= 0.3 is 0 Å². The number of halogens is 2. The fraction of sp³-hybridized carbons (Fsp3) is 0.0400. The van der Waals surface area contributed by atoms with Gasteiger partial charge in [-0.3, -0.25) is 4.72 Å². The maximum Gasteiger partial charge on any atom is 0.261 e. The lowest BCUT2D eigenvalue weighted by Gasteiger charge is -2.11. The molecule has 0 aliphatic heterocycles. The molecule has 0 spiro atoms. The molecular formula is C25H18F2N4O3S. The van der Waals surface area contributed by atoms with Crippen molar-refractivity contribution in [2.45, 2.75) is 4.90 Å². The van der Waals surface area contributed by atoms with Crippen LogP contribution in [0.4, 0.5) is 14.5 Å². The molecule has 2 N–H and O–H groups in total. The third kappa shape index (κ3) is 4.43. The molecule has 5 rings (SSSR count). The zero-order valence-electron chi connectivity index (χ0n) is 18.3. The van der Waals surface area contributed by atoms with Crippen molar-refractivity contribution in [2.24, 2.45) is 0 Å². The number of aromatic amines is 1. The average molecular weight is 493 g/mol. The highest BCUT2D eigenvalue weighted by atomic mass is 32.2. The van der Waals surface area contributed by atoms with Gasteiger partial charge in [-0.2, -0.15) is 0 Å². The Kier molecular flexibility index (Phi) is 5.65. The van der Waals surface area contributed by atoms with Gasteiger partial charge in [-0.15, -0.1) is 0 Å². The number of nitrogens with zero attached hydrogens (tertiary/aromatic N) is 2. The van der Waals surface area contributed by atoms with Crippen molar-refractivity contribution < 1.29 is 21.9 Å². The molecule has 35 heavy (non-hydrogen) atoms. The Hall–Kier alpha value is -4.31. The van der Waals surface area contributed by atoms with E-state index in [0.717, 1.165) is 5.56 Å². The van der Waals surface area contributed by atoms with Gasteiger partial charge in [0.25, 0.3) is 10.0 Å². The lowest BCUT2D eigenvalue weighted by atomic mass is 10.1. The van der Waals surface area contributed by atoms with Gasteiger partial charge in [0.15, 0.2) is 0 Å². The van der Waals surface area contributed by atoms with Crippen molar-refractivity contribution >= 4 is 26.7 Å². The number of H-pyrrole nitrogens is 1. The minimum Gasteiger partial charge on any atom is -0.497 e. The zero-order chi connectivity index (χ0) is 24.6. The van der Waals surface area contributed by atoms with E-state index in [1.165, 1.54) is 62.0 Å². The number of sulfonamides is 1. The van der Waals surface area contributed by atoms with E-state index >= 15 is 0 Å². The Balaban J connectivity index is 1.47. The van der Waals surface area contributed by atoms with Crippen LogP contribution in [0, 0.1) is 11.6 Å². The molecule has 0 fully saturated rings. The molecule has 0 saturated carbocycles. The Labute approximate surface area is 199 Å². The fourth-order valence-electron chi connectivity index (χ4n) is 3.66. The molecule has 3 aromatic carbocycles. The lowest BCUT2D eigenvalue weighted by Crippen LogP contribution is -2.14. The summed E-state index contributed by atoms with van der Waals surface area (Å²) in [5.41, 5.74) is 2.68. The fourth-order valence-corrected chi connectivity index (χ4v) is 4.73. The van der Waals surface area contributed by atoms with Crippen LogP contribution >= 0.6 is 0 Å². The highest BCUT2D eigenvalue weighted by Crippen LogP contribution is 2.32. The first kappa shape index (κ1) is 22.5. The molecule has 10 heteroatoms. The summed E-state index contributed by atoms with van der Waals surface area (Å²) in [7, 11) is -2.53. The van der Waals surface area contributed by atoms with Crippen LogP contribution in [0.5, 0.6) is 5.75 Å². The summed E-state index contributed by atoms with van der Waals surface area (Å²) < 4.78 is 60.9. The predicted molar refractivity (Wildman–Crippen MR) is 128 cm³/mol. The van der Waals surface area contributed by atoms with E-state index in [1.54, 1.807) is 24.3 Å². The number of anilines is 1. The summed E-state index contributed by atoms with van der Waals surface area (Å²) in [6.45, 7) is 0. The summed E-state index contributed by atoms with van der Waals surface area (Å²) in [5, 5.41) is 0.637. The zero-order valence-corrected chi connectivity index (χ0v) is 19.1. The number of rotatable bonds is 6. The molecule has 0 amide bonds. The van der Waals surface area contributed by atoms with Gasteiger partial charge in [-0.25, -0.2) is 27.2 Å². The van der Waals surface area contributed by atoms with Crippen LogP contribution in [0.1, 0.15) is 0 Å².